The molecule has 0 aromatic heterocycles. The van der Waals surface area contributed by atoms with Gasteiger partial charge in [-0.2, -0.15) is 0 Å². The van der Waals surface area contributed by atoms with E-state index in [1.807, 2.05) is 12.1 Å². The van der Waals surface area contributed by atoms with Crippen molar-refractivity contribution in [1.29, 1.82) is 0 Å². The molecule has 0 bridgehead atoms. The lowest BCUT2D eigenvalue weighted by Gasteiger charge is -2.35. The van der Waals surface area contributed by atoms with Gasteiger partial charge in [0.05, 0.1) is 0 Å². The van der Waals surface area contributed by atoms with E-state index in [2.05, 4.69) is 48.2 Å². The third-order valence-electron chi connectivity index (χ3n) is 4.37. The van der Waals surface area contributed by atoms with Crippen LogP contribution < -0.4 is 5.73 Å². The molecule has 0 radical (unpaired) electrons. The summed E-state index contributed by atoms with van der Waals surface area (Å²) in [5, 5.41) is 0. The average Bonchev–Trinajstić information content (AvgIpc) is 2.47. The molecule has 1 aliphatic carbocycles. The summed E-state index contributed by atoms with van der Waals surface area (Å²) < 4.78 is 0. The minimum atomic E-state index is 0.710. The number of nitrogens with two attached hydrogens (primary N) is 1. The monoisotopic (exact) mass is 280 g/mol. The predicted octanol–water partition coefficient (Wildman–Crippen LogP) is 3.82. The normalized spacial score (nSPS) is 16.6. The third kappa shape index (κ3) is 3.27. The molecule has 0 saturated carbocycles. The van der Waals surface area contributed by atoms with Gasteiger partial charge in [-0.25, -0.2) is 0 Å². The van der Waals surface area contributed by atoms with Gasteiger partial charge in [-0.05, 0) is 48.2 Å². The number of nitrogens with zero attached hydrogens (tertiary/aromatic N) is 1. The highest BCUT2D eigenvalue weighted by molar-refractivity contribution is 5.41. The Bertz CT molecular complexity index is 589. The fraction of sp³-hybridized carbons (Fsp3) is 0.368. The fourth-order valence-corrected chi connectivity index (χ4v) is 3.27. The molecule has 0 fully saturated rings. The zero-order valence-corrected chi connectivity index (χ0v) is 12.8. The molecule has 1 aliphatic rings. The van der Waals surface area contributed by atoms with Crippen molar-refractivity contribution in [3.8, 4) is 0 Å². The minimum Gasteiger partial charge on any atom is -0.399 e. The molecule has 2 aromatic rings. The Kier molecular flexibility index (Phi) is 4.26. The van der Waals surface area contributed by atoms with Gasteiger partial charge in [0.2, 0.25) is 0 Å². The molecule has 2 N–H and O–H groups in total. The van der Waals surface area contributed by atoms with Gasteiger partial charge < -0.3 is 5.73 Å². The van der Waals surface area contributed by atoms with Gasteiger partial charge in [-0.3, -0.25) is 4.90 Å². The molecular formula is C19H24N2. The van der Waals surface area contributed by atoms with Crippen LogP contribution in [-0.2, 0) is 13.0 Å². The third-order valence-corrected chi connectivity index (χ3v) is 4.37. The second kappa shape index (κ2) is 6.31. The highest BCUT2D eigenvalue weighted by Gasteiger charge is 2.26. The molecule has 2 heteroatoms. The molecule has 2 nitrogen and oxygen atoms in total. The average molecular weight is 280 g/mol. The number of hydrogen-bond acceptors (Lipinski definition) is 2. The summed E-state index contributed by atoms with van der Waals surface area (Å²) in [5.41, 5.74) is 11.0. The SMILES string of the molecule is CCCN(Cc1ccc(N)cc1)CC1Cc2ccccc21. The van der Waals surface area contributed by atoms with Crippen LogP contribution in [0.5, 0.6) is 0 Å². The molecular weight excluding hydrogens is 256 g/mol. The molecule has 1 unspecified atom stereocenters. The molecule has 3 rings (SSSR count). The summed E-state index contributed by atoms with van der Waals surface area (Å²) in [5.74, 6) is 0.710. The van der Waals surface area contributed by atoms with E-state index in [9.17, 15) is 0 Å². The Morgan fingerprint density at radius 3 is 2.57 bits per heavy atom. The summed E-state index contributed by atoms with van der Waals surface area (Å²) in [4.78, 5) is 2.58. The molecule has 0 saturated heterocycles. The molecule has 1 atom stereocenters. The largest absolute Gasteiger partial charge is 0.399 e. The maximum atomic E-state index is 5.77. The maximum absolute atomic E-state index is 5.77. The van der Waals surface area contributed by atoms with E-state index in [0.717, 1.165) is 25.3 Å². The fourth-order valence-electron chi connectivity index (χ4n) is 3.27. The highest BCUT2D eigenvalue weighted by Crippen LogP contribution is 2.35. The van der Waals surface area contributed by atoms with Crippen LogP contribution in [0.4, 0.5) is 5.69 Å². The standard InChI is InChI=1S/C19H24N2/c1-2-11-21(13-15-7-9-18(20)10-8-15)14-17-12-16-5-3-4-6-19(16)17/h3-10,17H,2,11-14,20H2,1H3. The molecule has 0 spiro atoms. The number of rotatable bonds is 6. The van der Waals surface area contributed by atoms with Crippen molar-refractivity contribution in [3.63, 3.8) is 0 Å². The maximum Gasteiger partial charge on any atom is 0.0314 e. The number of nitrogen functional groups attached to an aromatic ring is 1. The quantitative estimate of drug-likeness (QED) is 0.815. The van der Waals surface area contributed by atoms with Crippen molar-refractivity contribution in [1.82, 2.24) is 4.90 Å². The van der Waals surface area contributed by atoms with Crippen LogP contribution in [0.1, 0.15) is 36.0 Å². The second-order valence-electron chi connectivity index (χ2n) is 6.08. The van der Waals surface area contributed by atoms with Crippen molar-refractivity contribution in [3.05, 3.63) is 65.2 Å². The van der Waals surface area contributed by atoms with Crippen LogP contribution in [0, 0.1) is 0 Å². The van der Waals surface area contributed by atoms with Crippen molar-refractivity contribution in [2.75, 3.05) is 18.8 Å². The first-order chi connectivity index (χ1) is 10.3. The summed E-state index contributed by atoms with van der Waals surface area (Å²) in [6.45, 7) is 5.59. The molecule has 0 heterocycles. The lowest BCUT2D eigenvalue weighted by atomic mass is 9.77. The van der Waals surface area contributed by atoms with Crippen molar-refractivity contribution in [2.45, 2.75) is 32.2 Å². The number of anilines is 1. The summed E-state index contributed by atoms with van der Waals surface area (Å²) >= 11 is 0. The van der Waals surface area contributed by atoms with E-state index >= 15 is 0 Å². The Labute approximate surface area is 127 Å². The van der Waals surface area contributed by atoms with E-state index in [1.165, 1.54) is 24.0 Å². The zero-order chi connectivity index (χ0) is 14.7. The van der Waals surface area contributed by atoms with Crippen LogP contribution in [0.25, 0.3) is 0 Å². The zero-order valence-electron chi connectivity index (χ0n) is 12.8. The number of hydrogen-bond donors (Lipinski definition) is 1. The first-order valence-electron chi connectivity index (χ1n) is 7.91. The van der Waals surface area contributed by atoms with E-state index in [4.69, 9.17) is 5.73 Å². The van der Waals surface area contributed by atoms with Gasteiger partial charge in [0, 0.05) is 24.7 Å². The minimum absolute atomic E-state index is 0.710. The van der Waals surface area contributed by atoms with Crippen LogP contribution in [0.15, 0.2) is 48.5 Å². The predicted molar refractivity (Wildman–Crippen MR) is 89.3 cm³/mol. The Hall–Kier alpha value is -1.80. The van der Waals surface area contributed by atoms with Crippen LogP contribution in [0.3, 0.4) is 0 Å². The van der Waals surface area contributed by atoms with Gasteiger partial charge in [0.25, 0.3) is 0 Å². The topological polar surface area (TPSA) is 29.3 Å². The van der Waals surface area contributed by atoms with Crippen LogP contribution >= 0.6 is 0 Å². The van der Waals surface area contributed by atoms with Gasteiger partial charge in [-0.1, -0.05) is 43.3 Å². The molecule has 2 aromatic carbocycles. The van der Waals surface area contributed by atoms with Gasteiger partial charge >= 0.3 is 0 Å². The van der Waals surface area contributed by atoms with Crippen molar-refractivity contribution in [2.24, 2.45) is 0 Å². The van der Waals surface area contributed by atoms with Crippen molar-refractivity contribution < 1.29 is 0 Å². The summed E-state index contributed by atoms with van der Waals surface area (Å²) in [6, 6.07) is 17.1. The molecule has 0 aliphatic heterocycles. The van der Waals surface area contributed by atoms with Gasteiger partial charge in [-0.15, -0.1) is 0 Å². The number of fused-ring (bicyclic) bond motifs is 1. The molecule has 21 heavy (non-hydrogen) atoms. The highest BCUT2D eigenvalue weighted by atomic mass is 15.1. The van der Waals surface area contributed by atoms with E-state index in [-0.39, 0.29) is 0 Å². The van der Waals surface area contributed by atoms with Gasteiger partial charge in [0.15, 0.2) is 0 Å². The molecule has 110 valence electrons. The number of benzene rings is 2. The lowest BCUT2D eigenvalue weighted by Crippen LogP contribution is -2.33. The van der Waals surface area contributed by atoms with E-state index < -0.39 is 0 Å². The Morgan fingerprint density at radius 1 is 1.10 bits per heavy atom. The molecule has 0 amide bonds. The van der Waals surface area contributed by atoms with Crippen LogP contribution in [0.2, 0.25) is 0 Å². The van der Waals surface area contributed by atoms with E-state index in [1.54, 1.807) is 5.56 Å². The van der Waals surface area contributed by atoms with Crippen LogP contribution in [-0.4, -0.2) is 18.0 Å². The lowest BCUT2D eigenvalue weighted by molar-refractivity contribution is 0.240. The summed E-state index contributed by atoms with van der Waals surface area (Å²) in [7, 11) is 0. The smallest absolute Gasteiger partial charge is 0.0314 e. The second-order valence-corrected chi connectivity index (χ2v) is 6.08. The van der Waals surface area contributed by atoms with Crippen molar-refractivity contribution >= 4 is 5.69 Å². The first kappa shape index (κ1) is 14.2. The summed E-state index contributed by atoms with van der Waals surface area (Å²) in [6.07, 6.45) is 2.43. The van der Waals surface area contributed by atoms with Gasteiger partial charge in [0.1, 0.15) is 0 Å². The van der Waals surface area contributed by atoms with E-state index in [0.29, 0.717) is 5.92 Å². The Morgan fingerprint density at radius 2 is 1.86 bits per heavy atom. The Balaban J connectivity index is 1.64. The first-order valence-corrected chi connectivity index (χ1v) is 7.91.